The van der Waals surface area contributed by atoms with E-state index in [4.69, 9.17) is 0 Å². The van der Waals surface area contributed by atoms with Crippen molar-refractivity contribution in [2.24, 2.45) is 0 Å². The van der Waals surface area contributed by atoms with Crippen molar-refractivity contribution in [3.63, 3.8) is 0 Å². The van der Waals surface area contributed by atoms with Gasteiger partial charge in [0.25, 0.3) is 0 Å². The van der Waals surface area contributed by atoms with E-state index in [2.05, 4.69) is 41.5 Å². The third-order valence-corrected chi connectivity index (χ3v) is 3.56. The van der Waals surface area contributed by atoms with Gasteiger partial charge < -0.3 is 20.8 Å². The van der Waals surface area contributed by atoms with E-state index < -0.39 is 0 Å². The minimum Gasteiger partial charge on any atom is -0.343 e. The van der Waals surface area contributed by atoms with Gasteiger partial charge in [-0.25, -0.2) is 0 Å². The van der Waals surface area contributed by atoms with Crippen molar-refractivity contribution >= 4 is 0 Å². The van der Waals surface area contributed by atoms with Gasteiger partial charge in [-0.1, -0.05) is 104 Å². The fourth-order valence-corrected chi connectivity index (χ4v) is 1.99. The van der Waals surface area contributed by atoms with Gasteiger partial charge in [-0.3, -0.25) is 0 Å². The second kappa shape index (κ2) is 38.3. The zero-order chi connectivity index (χ0) is 17.3. The van der Waals surface area contributed by atoms with Gasteiger partial charge in [-0.05, 0) is 0 Å². The minimum atomic E-state index is 0. The molecule has 0 aromatic heterocycles. The molecule has 0 saturated carbocycles. The van der Waals surface area contributed by atoms with Crippen molar-refractivity contribution in [3.05, 3.63) is 20.8 Å². The molecule has 0 saturated heterocycles. The van der Waals surface area contributed by atoms with Crippen molar-refractivity contribution in [3.8, 4) is 0 Å². The molecule has 143 valence electrons. The van der Waals surface area contributed by atoms with Gasteiger partial charge in [0.2, 0.25) is 0 Å². The molecule has 0 aliphatic carbocycles. The van der Waals surface area contributed by atoms with Gasteiger partial charge in [0.1, 0.15) is 0 Å². The molecular weight excluding hydrogens is 365 g/mol. The molecule has 0 nitrogen and oxygen atoms in total. The molecule has 0 aliphatic heterocycles. The Hall–Kier alpha value is 0.623. The van der Waals surface area contributed by atoms with Crippen molar-refractivity contribution < 1.29 is 19.5 Å². The first-order valence-electron chi connectivity index (χ1n) is 10.1. The minimum absolute atomic E-state index is 0. The third kappa shape index (κ3) is 51.8. The van der Waals surface area contributed by atoms with E-state index in [0.717, 1.165) is 19.3 Å². The molecule has 0 N–H and O–H groups in total. The smallest absolute Gasteiger partial charge is 0.343 e. The summed E-state index contributed by atoms with van der Waals surface area (Å²) in [6.07, 6.45) is 21.1. The maximum absolute atomic E-state index is 3.82. The average Bonchev–Trinajstić information content (AvgIpc) is 2.53. The van der Waals surface area contributed by atoms with Crippen molar-refractivity contribution in [1.82, 2.24) is 0 Å². The molecule has 0 heterocycles. The summed E-state index contributed by atoms with van der Waals surface area (Å²) in [5.41, 5.74) is 0. The van der Waals surface area contributed by atoms with Crippen LogP contribution in [0.3, 0.4) is 0 Å². The first-order valence-corrected chi connectivity index (χ1v) is 10.1. The van der Waals surface area contributed by atoms with E-state index in [-0.39, 0.29) is 19.5 Å². The topological polar surface area (TPSA) is 0 Å². The van der Waals surface area contributed by atoms with Gasteiger partial charge in [0.05, 0.1) is 0 Å². The van der Waals surface area contributed by atoms with Crippen LogP contribution < -0.4 is 0 Å². The molecule has 0 amide bonds. The first-order chi connectivity index (χ1) is 10.7. The molecule has 0 fully saturated rings. The van der Waals surface area contributed by atoms with Crippen LogP contribution >= 0.6 is 0 Å². The Balaban J connectivity index is -0.000000123. The average molecular weight is 413 g/mol. The van der Waals surface area contributed by atoms with Crippen LogP contribution in [0.15, 0.2) is 0 Å². The second-order valence-electron chi connectivity index (χ2n) is 6.10. The SMILES string of the molecule is [CH2-]CCCC.[CH2-]CCCCCC.[CH2-]CCCCCCCCC.[Ru+3]. The number of hydrogen-bond donors (Lipinski definition) is 0. The van der Waals surface area contributed by atoms with E-state index in [1.165, 1.54) is 83.5 Å². The monoisotopic (exact) mass is 413 g/mol. The van der Waals surface area contributed by atoms with Crippen molar-refractivity contribution in [1.29, 1.82) is 0 Å². The van der Waals surface area contributed by atoms with E-state index in [1.54, 1.807) is 0 Å². The summed E-state index contributed by atoms with van der Waals surface area (Å²) in [6, 6.07) is 0. The van der Waals surface area contributed by atoms with E-state index in [0.29, 0.717) is 0 Å². The van der Waals surface area contributed by atoms with Crippen LogP contribution in [0.25, 0.3) is 0 Å². The Morgan fingerprint density at radius 1 is 0.391 bits per heavy atom. The summed E-state index contributed by atoms with van der Waals surface area (Å²) in [5, 5.41) is 0. The number of hydrogen-bond acceptors (Lipinski definition) is 0. The van der Waals surface area contributed by atoms with Crippen LogP contribution in [-0.2, 0) is 19.5 Å². The molecule has 0 spiro atoms. The quantitative estimate of drug-likeness (QED) is 0.161. The van der Waals surface area contributed by atoms with E-state index in [1.807, 2.05) is 0 Å². The number of rotatable bonds is 13. The summed E-state index contributed by atoms with van der Waals surface area (Å²) in [5.74, 6) is 0. The van der Waals surface area contributed by atoms with Gasteiger partial charge >= 0.3 is 19.5 Å². The molecule has 0 aromatic rings. The van der Waals surface area contributed by atoms with Crippen molar-refractivity contribution in [2.45, 2.75) is 124 Å². The zero-order valence-corrected chi connectivity index (χ0v) is 18.5. The molecule has 23 heavy (non-hydrogen) atoms. The Morgan fingerprint density at radius 2 is 0.652 bits per heavy atom. The van der Waals surface area contributed by atoms with E-state index in [9.17, 15) is 0 Å². The Morgan fingerprint density at radius 3 is 0.913 bits per heavy atom. The standard InChI is InChI=1S/C10H21.C7H15.C5H11.Ru/c1-3-5-7-9-10-8-6-4-2;1-3-5-7-6-4-2;1-3-5-4-2;/h1,3-10H2,2H3;1,3-7H2,2H3;1,3-5H2,2H3;/q3*-1;+3. The summed E-state index contributed by atoms with van der Waals surface area (Å²) in [6.45, 7) is 17.9. The van der Waals surface area contributed by atoms with Crippen LogP contribution in [0.1, 0.15) is 124 Å². The second-order valence-corrected chi connectivity index (χ2v) is 6.10. The van der Waals surface area contributed by atoms with Gasteiger partial charge in [0.15, 0.2) is 0 Å². The molecule has 0 unspecified atom stereocenters. The molecule has 0 rings (SSSR count). The fourth-order valence-electron chi connectivity index (χ4n) is 1.99. The van der Waals surface area contributed by atoms with Crippen molar-refractivity contribution in [2.75, 3.05) is 0 Å². The summed E-state index contributed by atoms with van der Waals surface area (Å²) < 4.78 is 0. The summed E-state index contributed by atoms with van der Waals surface area (Å²) in [4.78, 5) is 0. The third-order valence-electron chi connectivity index (χ3n) is 3.56. The van der Waals surface area contributed by atoms with Crippen LogP contribution in [0, 0.1) is 20.8 Å². The van der Waals surface area contributed by atoms with Crippen LogP contribution in [0.5, 0.6) is 0 Å². The summed E-state index contributed by atoms with van der Waals surface area (Å²) in [7, 11) is 0. The first kappa shape index (κ1) is 31.4. The maximum Gasteiger partial charge on any atom is 3.00 e. The van der Waals surface area contributed by atoms with Crippen LogP contribution in [0.4, 0.5) is 0 Å². The summed E-state index contributed by atoms with van der Waals surface area (Å²) >= 11 is 0. The predicted molar refractivity (Wildman–Crippen MR) is 107 cm³/mol. The maximum atomic E-state index is 3.82. The molecule has 1 heteroatoms. The molecule has 0 aliphatic rings. The molecule has 0 bridgehead atoms. The zero-order valence-electron chi connectivity index (χ0n) is 16.8. The van der Waals surface area contributed by atoms with E-state index >= 15 is 0 Å². The Labute approximate surface area is 163 Å². The predicted octanol–water partition coefficient (Wildman–Crippen LogP) is 8.76. The van der Waals surface area contributed by atoms with Gasteiger partial charge in [0, 0.05) is 0 Å². The fraction of sp³-hybridized carbons (Fsp3) is 0.864. The van der Waals surface area contributed by atoms with Gasteiger partial charge in [-0.15, -0.1) is 0 Å². The molecule has 0 aromatic carbocycles. The Bertz CT molecular complexity index is 120. The largest absolute Gasteiger partial charge is 3.00 e. The Kier molecular flexibility index (Phi) is 52.3. The van der Waals surface area contributed by atoms with Gasteiger partial charge in [-0.2, -0.15) is 19.3 Å². The number of unbranched alkanes of at least 4 members (excludes halogenated alkanes) is 13. The molecule has 0 atom stereocenters. The molecule has 1 radical (unpaired) electrons. The normalized spacial score (nSPS) is 9.13. The van der Waals surface area contributed by atoms with Crippen LogP contribution in [-0.4, -0.2) is 0 Å². The molecular formula is C22H47Ru. The van der Waals surface area contributed by atoms with Crippen LogP contribution in [0.2, 0.25) is 0 Å².